The molecule has 3 aliphatic rings. The van der Waals surface area contributed by atoms with E-state index in [4.69, 9.17) is 20.7 Å². The standard InChI is InChI=1S/C14H22N2O5.C6H10N2O4/c1-14(2,3)21-13(20)7-4-5-9-8(15)6-10(12(18)19)16(9)11(7)17;9-5(10)3-1-7-2-4(8-3)6(11)12/h7-10H,4-6,15H2,1-3H3,(H,18,19);3-4,7-8H,1-2H2,(H,9,10)(H,11,12). The lowest BCUT2D eigenvalue weighted by atomic mass is 9.91. The van der Waals surface area contributed by atoms with Crippen molar-refractivity contribution in [3.8, 4) is 0 Å². The van der Waals surface area contributed by atoms with E-state index in [1.165, 1.54) is 4.90 Å². The Morgan fingerprint density at radius 3 is 2.00 bits per heavy atom. The Balaban J connectivity index is 0.000000273. The van der Waals surface area contributed by atoms with Gasteiger partial charge in [0.2, 0.25) is 5.91 Å². The zero-order valence-corrected chi connectivity index (χ0v) is 18.8. The van der Waals surface area contributed by atoms with Gasteiger partial charge in [-0.25, -0.2) is 4.79 Å². The van der Waals surface area contributed by atoms with Gasteiger partial charge >= 0.3 is 23.9 Å². The second-order valence-corrected chi connectivity index (χ2v) is 9.34. The number of carbonyl (C=O) groups excluding carboxylic acids is 2. The Morgan fingerprint density at radius 1 is 1.00 bits per heavy atom. The lowest BCUT2D eigenvalue weighted by molar-refractivity contribution is -0.170. The molecular weight excluding hydrogens is 440 g/mol. The molecule has 0 saturated carbocycles. The topological polar surface area (TPSA) is 209 Å². The summed E-state index contributed by atoms with van der Waals surface area (Å²) in [5, 5.41) is 31.5. The summed E-state index contributed by atoms with van der Waals surface area (Å²) in [6.45, 7) is 5.71. The minimum atomic E-state index is -1.08. The van der Waals surface area contributed by atoms with Crippen LogP contribution >= 0.6 is 0 Å². The maximum atomic E-state index is 12.5. The van der Waals surface area contributed by atoms with Gasteiger partial charge in [-0.05, 0) is 40.0 Å². The van der Waals surface area contributed by atoms with E-state index in [-0.39, 0.29) is 31.6 Å². The highest BCUT2D eigenvalue weighted by Crippen LogP contribution is 2.35. The molecule has 7 N–H and O–H groups in total. The quantitative estimate of drug-likeness (QED) is 0.198. The number of piperazine rings is 1. The van der Waals surface area contributed by atoms with Gasteiger partial charge in [-0.3, -0.25) is 24.5 Å². The molecule has 3 saturated heterocycles. The van der Waals surface area contributed by atoms with Crippen molar-refractivity contribution >= 4 is 29.8 Å². The molecule has 0 aromatic heterocycles. The van der Waals surface area contributed by atoms with Crippen LogP contribution in [0.1, 0.15) is 40.0 Å². The predicted molar refractivity (Wildman–Crippen MR) is 112 cm³/mol. The maximum Gasteiger partial charge on any atom is 0.326 e. The lowest BCUT2D eigenvalue weighted by Gasteiger charge is -2.37. The fourth-order valence-electron chi connectivity index (χ4n) is 4.14. The van der Waals surface area contributed by atoms with Gasteiger partial charge in [-0.2, -0.15) is 0 Å². The summed E-state index contributed by atoms with van der Waals surface area (Å²) in [6.07, 6.45) is 1.11. The van der Waals surface area contributed by atoms with Crippen molar-refractivity contribution in [3.63, 3.8) is 0 Å². The van der Waals surface area contributed by atoms with Gasteiger partial charge in [-0.15, -0.1) is 0 Å². The Morgan fingerprint density at radius 2 is 1.55 bits per heavy atom. The van der Waals surface area contributed by atoms with Crippen LogP contribution in [0, 0.1) is 5.92 Å². The third-order valence-corrected chi connectivity index (χ3v) is 5.66. The molecular formula is C20H32N4O9. The number of hydrogen-bond acceptors (Lipinski definition) is 9. The third-order valence-electron chi connectivity index (χ3n) is 5.66. The molecule has 3 fully saturated rings. The van der Waals surface area contributed by atoms with Crippen molar-refractivity contribution < 1.29 is 44.0 Å². The first kappa shape index (κ1) is 26.5. The molecule has 3 aliphatic heterocycles. The minimum Gasteiger partial charge on any atom is -0.480 e. The zero-order valence-electron chi connectivity index (χ0n) is 18.8. The average Bonchev–Trinajstić information content (AvgIpc) is 3.05. The van der Waals surface area contributed by atoms with Crippen LogP contribution in [0.4, 0.5) is 0 Å². The number of amides is 1. The molecule has 0 bridgehead atoms. The highest BCUT2D eigenvalue weighted by molar-refractivity contribution is 6.00. The molecule has 0 aromatic carbocycles. The van der Waals surface area contributed by atoms with Crippen LogP contribution in [-0.4, -0.2) is 98.9 Å². The Hall–Kier alpha value is -2.77. The van der Waals surface area contributed by atoms with Crippen LogP contribution in [0.3, 0.4) is 0 Å². The van der Waals surface area contributed by atoms with Gasteiger partial charge in [0, 0.05) is 25.2 Å². The molecule has 186 valence electrons. The first-order chi connectivity index (χ1) is 15.2. The first-order valence-electron chi connectivity index (χ1n) is 10.7. The van der Waals surface area contributed by atoms with Crippen molar-refractivity contribution in [1.29, 1.82) is 0 Å². The number of esters is 1. The molecule has 3 rings (SSSR count). The predicted octanol–water partition coefficient (Wildman–Crippen LogP) is -1.79. The van der Waals surface area contributed by atoms with Crippen molar-refractivity contribution in [2.45, 2.75) is 75.8 Å². The van der Waals surface area contributed by atoms with Gasteiger partial charge in [-0.1, -0.05) is 0 Å². The normalized spacial score (nSPS) is 31.6. The second-order valence-electron chi connectivity index (χ2n) is 9.34. The highest BCUT2D eigenvalue weighted by Gasteiger charge is 2.52. The molecule has 1 amide bonds. The molecule has 3 heterocycles. The smallest absolute Gasteiger partial charge is 0.326 e. The summed E-state index contributed by atoms with van der Waals surface area (Å²) in [5.41, 5.74) is 5.25. The van der Waals surface area contributed by atoms with E-state index >= 15 is 0 Å². The number of carboxylic acids is 3. The summed E-state index contributed by atoms with van der Waals surface area (Å²) in [6, 6.07) is -3.20. The Labute approximate surface area is 190 Å². The number of ether oxygens (including phenoxy) is 1. The van der Waals surface area contributed by atoms with E-state index in [0.29, 0.717) is 12.8 Å². The minimum absolute atomic E-state index is 0.229. The summed E-state index contributed by atoms with van der Waals surface area (Å²) in [5.74, 6) is -5.13. The Kier molecular flexibility index (Phi) is 8.38. The number of hydrogen-bond donors (Lipinski definition) is 6. The van der Waals surface area contributed by atoms with E-state index in [2.05, 4.69) is 10.6 Å². The number of rotatable bonds is 4. The van der Waals surface area contributed by atoms with Gasteiger partial charge < -0.3 is 36.0 Å². The largest absolute Gasteiger partial charge is 0.480 e. The summed E-state index contributed by atoms with van der Waals surface area (Å²) >= 11 is 0. The summed E-state index contributed by atoms with van der Waals surface area (Å²) < 4.78 is 5.25. The molecule has 0 aliphatic carbocycles. The molecule has 13 heteroatoms. The van der Waals surface area contributed by atoms with Crippen molar-refractivity contribution in [3.05, 3.63) is 0 Å². The molecule has 0 spiro atoms. The van der Waals surface area contributed by atoms with Crippen LogP contribution in [0.15, 0.2) is 0 Å². The number of carbonyl (C=O) groups is 5. The van der Waals surface area contributed by atoms with Gasteiger partial charge in [0.05, 0.1) is 0 Å². The van der Waals surface area contributed by atoms with E-state index in [9.17, 15) is 29.1 Å². The summed E-state index contributed by atoms with van der Waals surface area (Å²) in [4.78, 5) is 58.0. The van der Waals surface area contributed by atoms with E-state index in [1.807, 2.05) is 0 Å². The van der Waals surface area contributed by atoms with E-state index < -0.39 is 59.4 Å². The SMILES string of the molecule is CC(C)(C)OC(=O)C1CCC2C(N)CC(C(=O)O)N2C1=O.O=C(O)C1CNCC(C(=O)O)N1. The molecule has 33 heavy (non-hydrogen) atoms. The van der Waals surface area contributed by atoms with Gasteiger partial charge in [0.25, 0.3) is 0 Å². The molecule has 6 unspecified atom stereocenters. The second kappa shape index (κ2) is 10.4. The number of aliphatic carboxylic acids is 3. The first-order valence-corrected chi connectivity index (χ1v) is 10.7. The van der Waals surface area contributed by atoms with Gasteiger partial charge in [0.15, 0.2) is 0 Å². The molecule has 13 nitrogen and oxygen atoms in total. The van der Waals surface area contributed by atoms with Gasteiger partial charge in [0.1, 0.15) is 29.6 Å². The van der Waals surface area contributed by atoms with Crippen molar-refractivity contribution in [2.24, 2.45) is 11.7 Å². The van der Waals surface area contributed by atoms with Crippen LogP contribution in [0.2, 0.25) is 0 Å². The monoisotopic (exact) mass is 472 g/mol. The van der Waals surface area contributed by atoms with Crippen LogP contribution < -0.4 is 16.4 Å². The van der Waals surface area contributed by atoms with Crippen molar-refractivity contribution in [2.75, 3.05) is 13.1 Å². The fraction of sp³-hybridized carbons (Fsp3) is 0.750. The number of nitrogens with two attached hydrogens (primary N) is 1. The number of fused-ring (bicyclic) bond motifs is 1. The number of nitrogens with zero attached hydrogens (tertiary/aromatic N) is 1. The van der Waals surface area contributed by atoms with E-state index in [0.717, 1.165) is 0 Å². The fourth-order valence-corrected chi connectivity index (χ4v) is 4.14. The molecule has 6 atom stereocenters. The van der Waals surface area contributed by atoms with Crippen LogP contribution in [-0.2, 0) is 28.7 Å². The summed E-state index contributed by atoms with van der Waals surface area (Å²) in [7, 11) is 0. The van der Waals surface area contributed by atoms with Crippen LogP contribution in [0.5, 0.6) is 0 Å². The lowest BCUT2D eigenvalue weighted by Crippen LogP contribution is -2.60. The average molecular weight is 472 g/mol. The molecule has 0 radical (unpaired) electrons. The number of piperidine rings is 1. The maximum absolute atomic E-state index is 12.5. The third kappa shape index (κ3) is 6.62. The Bertz CT molecular complexity index is 777. The van der Waals surface area contributed by atoms with E-state index in [1.54, 1.807) is 20.8 Å². The highest BCUT2D eigenvalue weighted by atomic mass is 16.6. The zero-order chi connectivity index (χ0) is 25.1. The van der Waals surface area contributed by atoms with Crippen molar-refractivity contribution in [1.82, 2.24) is 15.5 Å². The number of carboxylic acid groups (broad SMARTS) is 3. The van der Waals surface area contributed by atoms with Crippen LogP contribution in [0.25, 0.3) is 0 Å². The number of nitrogens with one attached hydrogen (secondary N) is 2. The molecule has 0 aromatic rings.